The molecule has 2 rings (SSSR count). The summed E-state index contributed by atoms with van der Waals surface area (Å²) in [5.41, 5.74) is 0.452. The monoisotopic (exact) mass is 486 g/mol. The maximum atomic E-state index is 13.6. The number of carbonyl (C=O) groups excluding carboxylic acids is 1. The van der Waals surface area contributed by atoms with Crippen molar-refractivity contribution in [2.24, 2.45) is 5.92 Å². The minimum atomic E-state index is -2.16. The van der Waals surface area contributed by atoms with Gasteiger partial charge >= 0.3 is 0 Å². The molecule has 33 heavy (non-hydrogen) atoms. The van der Waals surface area contributed by atoms with Crippen LogP contribution >= 0.6 is 0 Å². The number of ketones is 1. The highest BCUT2D eigenvalue weighted by molar-refractivity contribution is 6.77. The summed E-state index contributed by atoms with van der Waals surface area (Å²) in [6.45, 7) is 19.8. The second-order valence-electron chi connectivity index (χ2n) is 11.6. The Labute approximate surface area is 203 Å². The van der Waals surface area contributed by atoms with E-state index in [1.54, 1.807) is 14.2 Å². The summed E-state index contributed by atoms with van der Waals surface area (Å²) < 4.78 is 30.9. The summed E-state index contributed by atoms with van der Waals surface area (Å²) in [5, 5.41) is 0. The standard InChI is InChI=1S/C26H50O6Si/c1-17(2)33(18(3)4,19(5)6)31-23-20(7)16-21(27)26(24(23)30-25(8,9)32-26)15-13-12-14-22(28-10)29-11/h17-20,22-24H,12-16H2,1-11H3/t20?,23-,24+,26-/m0/s1. The lowest BCUT2D eigenvalue weighted by atomic mass is 9.72. The van der Waals surface area contributed by atoms with Crippen molar-refractivity contribution in [1.29, 1.82) is 0 Å². The lowest BCUT2D eigenvalue weighted by Crippen LogP contribution is -2.63. The topological polar surface area (TPSA) is 63.2 Å². The van der Waals surface area contributed by atoms with Crippen LogP contribution in [-0.2, 0) is 28.2 Å². The van der Waals surface area contributed by atoms with Crippen molar-refractivity contribution in [2.45, 2.75) is 141 Å². The van der Waals surface area contributed by atoms with E-state index in [1.165, 1.54) is 0 Å². The van der Waals surface area contributed by atoms with Gasteiger partial charge in [-0.1, -0.05) is 48.5 Å². The van der Waals surface area contributed by atoms with Crippen LogP contribution in [0.25, 0.3) is 0 Å². The van der Waals surface area contributed by atoms with Crippen molar-refractivity contribution >= 4 is 14.1 Å². The molecule has 0 aromatic carbocycles. The van der Waals surface area contributed by atoms with Crippen LogP contribution in [0.4, 0.5) is 0 Å². The van der Waals surface area contributed by atoms with Crippen LogP contribution < -0.4 is 0 Å². The van der Waals surface area contributed by atoms with Gasteiger partial charge in [-0.2, -0.15) is 0 Å². The summed E-state index contributed by atoms with van der Waals surface area (Å²) in [5.74, 6) is -0.556. The molecule has 0 N–H and O–H groups in total. The Morgan fingerprint density at radius 1 is 1.00 bits per heavy atom. The number of ether oxygens (including phenoxy) is 4. The third-order valence-electron chi connectivity index (χ3n) is 7.95. The van der Waals surface area contributed by atoms with E-state index in [9.17, 15) is 4.79 Å². The molecular formula is C26H50O6Si. The largest absolute Gasteiger partial charge is 0.410 e. The fraction of sp³-hybridized carbons (Fsp3) is 0.962. The Bertz CT molecular complexity index is 623. The van der Waals surface area contributed by atoms with Gasteiger partial charge in [-0.15, -0.1) is 0 Å². The molecule has 1 aliphatic heterocycles. The van der Waals surface area contributed by atoms with E-state index in [1.807, 2.05) is 13.8 Å². The van der Waals surface area contributed by atoms with Crippen LogP contribution in [0.5, 0.6) is 0 Å². The summed E-state index contributed by atoms with van der Waals surface area (Å²) in [4.78, 5) is 13.6. The highest BCUT2D eigenvalue weighted by atomic mass is 28.4. The number of hydrogen-bond donors (Lipinski definition) is 0. The van der Waals surface area contributed by atoms with Gasteiger partial charge in [-0.05, 0) is 62.1 Å². The predicted octanol–water partition coefficient (Wildman–Crippen LogP) is 6.23. The smallest absolute Gasteiger partial charge is 0.200 e. The Morgan fingerprint density at radius 3 is 2.03 bits per heavy atom. The Balaban J connectivity index is 2.35. The van der Waals surface area contributed by atoms with Gasteiger partial charge in [0.05, 0.1) is 6.10 Å². The summed E-state index contributed by atoms with van der Waals surface area (Å²) in [6, 6.07) is 0. The molecule has 0 aromatic heterocycles. The van der Waals surface area contributed by atoms with Gasteiger partial charge in [-0.3, -0.25) is 4.79 Å². The Morgan fingerprint density at radius 2 is 1.55 bits per heavy atom. The summed E-state index contributed by atoms with van der Waals surface area (Å²) in [7, 11) is 1.15. The first-order valence-electron chi connectivity index (χ1n) is 12.9. The number of fused-ring (bicyclic) bond motifs is 1. The number of unbranched alkanes of at least 4 members (excludes halogenated alkanes) is 1. The van der Waals surface area contributed by atoms with Crippen molar-refractivity contribution in [3.63, 3.8) is 0 Å². The second-order valence-corrected chi connectivity index (χ2v) is 17.0. The van der Waals surface area contributed by atoms with Crippen molar-refractivity contribution in [1.82, 2.24) is 0 Å². The molecular weight excluding hydrogens is 436 g/mol. The Hall–Kier alpha value is -0.313. The quantitative estimate of drug-likeness (QED) is 0.185. The Kier molecular flexibility index (Phi) is 9.79. The average molecular weight is 487 g/mol. The SMILES string of the molecule is COC(CCCC[C@@]12OC(C)(C)O[C@@H]1[C@@H](O[Si](C(C)C)(C(C)C)C(C)C)C(C)CC2=O)OC. The number of Topliss-reactive ketones (excluding diaryl/α,β-unsaturated/α-hetero) is 1. The van der Waals surface area contributed by atoms with Gasteiger partial charge < -0.3 is 23.4 Å². The van der Waals surface area contributed by atoms with Crippen molar-refractivity contribution < 1.29 is 28.2 Å². The molecule has 0 amide bonds. The molecule has 4 atom stereocenters. The minimum absolute atomic E-state index is 0.0996. The van der Waals surface area contributed by atoms with E-state index in [0.29, 0.717) is 29.5 Å². The van der Waals surface area contributed by atoms with Gasteiger partial charge in [-0.25, -0.2) is 0 Å². The maximum absolute atomic E-state index is 13.6. The van der Waals surface area contributed by atoms with Gasteiger partial charge in [0.15, 0.2) is 23.5 Å². The molecule has 1 saturated carbocycles. The molecule has 1 unspecified atom stereocenters. The molecule has 1 saturated heterocycles. The van der Waals surface area contributed by atoms with Crippen LogP contribution in [0.1, 0.15) is 94.4 Å². The second kappa shape index (κ2) is 11.2. The molecule has 1 aliphatic carbocycles. The lowest BCUT2D eigenvalue weighted by molar-refractivity contribution is -0.173. The third kappa shape index (κ3) is 5.75. The highest BCUT2D eigenvalue weighted by Gasteiger charge is 2.65. The highest BCUT2D eigenvalue weighted by Crippen LogP contribution is 2.51. The van der Waals surface area contributed by atoms with Crippen molar-refractivity contribution in [3.05, 3.63) is 0 Å². The maximum Gasteiger partial charge on any atom is 0.200 e. The first kappa shape index (κ1) is 28.9. The number of methoxy groups -OCH3 is 2. The molecule has 6 nitrogen and oxygen atoms in total. The zero-order valence-electron chi connectivity index (χ0n) is 23.0. The van der Waals surface area contributed by atoms with E-state index in [2.05, 4.69) is 48.5 Å². The molecule has 1 heterocycles. The minimum Gasteiger partial charge on any atom is -0.410 e. The first-order chi connectivity index (χ1) is 15.3. The molecule has 7 heteroatoms. The molecule has 0 aromatic rings. The van der Waals surface area contributed by atoms with Crippen LogP contribution in [0, 0.1) is 5.92 Å². The van der Waals surface area contributed by atoms with Gasteiger partial charge in [0.1, 0.15) is 6.10 Å². The number of carbonyl (C=O) groups is 1. The first-order valence-corrected chi connectivity index (χ1v) is 15.1. The van der Waals surface area contributed by atoms with Gasteiger partial charge in [0, 0.05) is 20.6 Å². The molecule has 0 bridgehead atoms. The van der Waals surface area contributed by atoms with Crippen LogP contribution in [0.2, 0.25) is 16.6 Å². The number of rotatable bonds is 12. The van der Waals surface area contributed by atoms with Gasteiger partial charge in [0.2, 0.25) is 8.32 Å². The number of hydrogen-bond acceptors (Lipinski definition) is 6. The summed E-state index contributed by atoms with van der Waals surface area (Å²) in [6.07, 6.45) is 2.87. The van der Waals surface area contributed by atoms with E-state index < -0.39 is 19.7 Å². The predicted molar refractivity (Wildman–Crippen MR) is 134 cm³/mol. The van der Waals surface area contributed by atoms with E-state index in [0.717, 1.165) is 19.3 Å². The third-order valence-corrected chi connectivity index (χ3v) is 14.0. The van der Waals surface area contributed by atoms with Gasteiger partial charge in [0.25, 0.3) is 0 Å². The molecule has 0 spiro atoms. The molecule has 0 radical (unpaired) electrons. The molecule has 2 aliphatic rings. The average Bonchev–Trinajstić information content (AvgIpc) is 2.99. The zero-order valence-corrected chi connectivity index (χ0v) is 24.0. The normalized spacial score (nSPS) is 30.2. The fourth-order valence-corrected chi connectivity index (χ4v) is 12.2. The summed E-state index contributed by atoms with van der Waals surface area (Å²) >= 11 is 0. The van der Waals surface area contributed by atoms with Crippen molar-refractivity contribution in [2.75, 3.05) is 14.2 Å². The van der Waals surface area contributed by atoms with E-state index in [4.69, 9.17) is 23.4 Å². The van der Waals surface area contributed by atoms with Crippen LogP contribution in [0.15, 0.2) is 0 Å². The molecule has 194 valence electrons. The fourth-order valence-electron chi connectivity index (χ4n) is 6.53. The van der Waals surface area contributed by atoms with Crippen LogP contribution in [-0.4, -0.2) is 58.2 Å². The van der Waals surface area contributed by atoms with E-state index >= 15 is 0 Å². The van der Waals surface area contributed by atoms with Crippen LogP contribution in [0.3, 0.4) is 0 Å². The van der Waals surface area contributed by atoms with Crippen molar-refractivity contribution in [3.8, 4) is 0 Å². The molecule has 2 fully saturated rings. The lowest BCUT2D eigenvalue weighted by Gasteiger charge is -2.50. The van der Waals surface area contributed by atoms with E-state index in [-0.39, 0.29) is 30.2 Å². The zero-order chi connectivity index (χ0) is 25.2.